The highest BCUT2D eigenvalue weighted by molar-refractivity contribution is 8.14. The molecule has 4 aliphatic heterocycles. The average Bonchev–Trinajstić information content (AvgIpc) is 3.51. The Balaban J connectivity index is 0.000000228. The second kappa shape index (κ2) is 24.4. The Kier molecular flexibility index (Phi) is 19.5. The molecule has 4 saturated heterocycles. The number of thioether (sulfide) groups is 2. The predicted octanol–water partition coefficient (Wildman–Crippen LogP) is 3.78. The summed E-state index contributed by atoms with van der Waals surface area (Å²) in [6.45, 7) is 6.31. The van der Waals surface area contributed by atoms with Crippen LogP contribution in [0.25, 0.3) is 0 Å². The number of rotatable bonds is 12. The number of Topliss-reactive ketones (excluding diaryl/α,β-unsaturated/α-hetero) is 2. The number of hydrogen-bond acceptors (Lipinski definition) is 12. The van der Waals surface area contributed by atoms with E-state index in [1.807, 2.05) is 23.9 Å². The molecule has 2 saturated carbocycles. The minimum Gasteiger partial charge on any atom is -0.381 e. The monoisotopic (exact) mass is 876 g/mol. The van der Waals surface area contributed by atoms with Crippen LogP contribution in [-0.4, -0.2) is 132 Å². The van der Waals surface area contributed by atoms with Gasteiger partial charge in [-0.2, -0.15) is 0 Å². The van der Waals surface area contributed by atoms with Gasteiger partial charge in [0.05, 0.1) is 0 Å². The van der Waals surface area contributed by atoms with Crippen molar-refractivity contribution in [2.24, 2.45) is 33.9 Å². The Hall–Kier alpha value is -3.22. The van der Waals surface area contributed by atoms with Gasteiger partial charge in [-0.3, -0.25) is 28.8 Å². The van der Waals surface area contributed by atoms with Gasteiger partial charge in [-0.25, -0.2) is 10.9 Å². The standard InChI is InChI=1S/2C21H34N4O4S/c2*1-14-13-30-21(25(14)2)24-23-20(28)18(26)17(15-9-11-29-12-10-15)22-19(27)16-7-5-3-4-6-8-16/h2*14-17H,3-13H2,1-2H3,(H,22,27)(H,23,28)/b2*24-21-/t14-,17?;14-,17-/m00/s1. The highest BCUT2D eigenvalue weighted by Crippen LogP contribution is 2.28. The van der Waals surface area contributed by atoms with Gasteiger partial charge in [0.15, 0.2) is 10.3 Å². The molecule has 0 spiro atoms. The topological polar surface area (TPSA) is 200 Å². The zero-order valence-electron chi connectivity index (χ0n) is 36.0. The molecule has 0 radical (unpaired) electrons. The summed E-state index contributed by atoms with van der Waals surface area (Å²) >= 11 is 3.09. The highest BCUT2D eigenvalue weighted by atomic mass is 32.2. The van der Waals surface area contributed by atoms with Crippen LogP contribution in [0.4, 0.5) is 0 Å². The number of ether oxygens (including phenoxy) is 2. The zero-order valence-corrected chi connectivity index (χ0v) is 37.7. The van der Waals surface area contributed by atoms with Gasteiger partial charge in [-0.05, 0) is 77.0 Å². The van der Waals surface area contributed by atoms with Crippen molar-refractivity contribution in [1.29, 1.82) is 0 Å². The Bertz CT molecular complexity index is 1430. The first kappa shape index (κ1) is 47.8. The van der Waals surface area contributed by atoms with Gasteiger partial charge in [0.2, 0.25) is 23.4 Å². The lowest BCUT2D eigenvalue weighted by Gasteiger charge is -2.30. The fourth-order valence-electron chi connectivity index (χ4n) is 8.53. The normalized spacial score (nSPS) is 26.3. The molecule has 1 unspecified atom stereocenters. The Morgan fingerprint density at radius 1 is 0.550 bits per heavy atom. The van der Waals surface area contributed by atoms with Crippen LogP contribution >= 0.6 is 23.5 Å². The number of amides is 4. The van der Waals surface area contributed by atoms with E-state index in [0.717, 1.165) is 88.6 Å². The number of nitrogens with one attached hydrogen (secondary N) is 4. The summed E-state index contributed by atoms with van der Waals surface area (Å²) in [5.74, 6) is -1.52. The molecule has 4 N–H and O–H groups in total. The first-order valence-electron chi connectivity index (χ1n) is 22.3. The minimum absolute atomic E-state index is 0.0732. The Morgan fingerprint density at radius 2 is 0.883 bits per heavy atom. The molecule has 4 atom stereocenters. The molecular formula is C42H68N8O8S2. The van der Waals surface area contributed by atoms with E-state index < -0.39 is 35.5 Å². The van der Waals surface area contributed by atoms with Gasteiger partial charge >= 0.3 is 11.8 Å². The van der Waals surface area contributed by atoms with Crippen molar-refractivity contribution < 1.29 is 38.2 Å². The van der Waals surface area contributed by atoms with E-state index in [2.05, 4.69) is 45.5 Å². The van der Waals surface area contributed by atoms with E-state index in [1.165, 1.54) is 0 Å². The summed E-state index contributed by atoms with van der Waals surface area (Å²) in [5, 5.41) is 15.5. The maximum atomic E-state index is 13.0. The lowest BCUT2D eigenvalue weighted by atomic mass is 9.87. The van der Waals surface area contributed by atoms with Crippen molar-refractivity contribution >= 4 is 69.1 Å². The molecule has 336 valence electrons. The first-order valence-corrected chi connectivity index (χ1v) is 24.2. The van der Waals surface area contributed by atoms with E-state index >= 15 is 0 Å². The number of hydrazone groups is 2. The van der Waals surface area contributed by atoms with E-state index in [0.29, 0.717) is 74.5 Å². The number of carbonyl (C=O) groups excluding carboxylic acids is 6. The molecule has 6 aliphatic rings. The molecule has 4 amide bonds. The molecule has 6 rings (SSSR count). The fraction of sp³-hybridized carbons (Fsp3) is 0.810. The van der Waals surface area contributed by atoms with Crippen LogP contribution in [0.5, 0.6) is 0 Å². The molecule has 6 fully saturated rings. The minimum atomic E-state index is -0.822. The summed E-state index contributed by atoms with van der Waals surface area (Å²) in [7, 11) is 3.82. The predicted molar refractivity (Wildman–Crippen MR) is 234 cm³/mol. The van der Waals surface area contributed by atoms with E-state index in [1.54, 1.807) is 23.5 Å². The van der Waals surface area contributed by atoms with Crippen LogP contribution in [0, 0.1) is 23.7 Å². The molecule has 60 heavy (non-hydrogen) atoms. The quantitative estimate of drug-likeness (QED) is 0.126. The summed E-state index contributed by atoms with van der Waals surface area (Å²) in [4.78, 5) is 81.0. The van der Waals surface area contributed by atoms with E-state index in [4.69, 9.17) is 9.47 Å². The molecule has 16 nitrogen and oxygen atoms in total. The second-order valence-corrected chi connectivity index (χ2v) is 19.2. The van der Waals surface area contributed by atoms with Crippen molar-refractivity contribution in [1.82, 2.24) is 31.3 Å². The lowest BCUT2D eigenvalue weighted by molar-refractivity contribution is -0.142. The maximum absolute atomic E-state index is 13.0. The van der Waals surface area contributed by atoms with Crippen molar-refractivity contribution in [2.45, 2.75) is 141 Å². The summed E-state index contributed by atoms with van der Waals surface area (Å²) in [5.41, 5.74) is 4.82. The molecule has 18 heteroatoms. The third-order valence-electron chi connectivity index (χ3n) is 12.9. The smallest absolute Gasteiger partial charge is 0.309 e. The van der Waals surface area contributed by atoms with Crippen molar-refractivity contribution in [3.05, 3.63) is 0 Å². The van der Waals surface area contributed by atoms with Gasteiger partial charge in [0.1, 0.15) is 12.1 Å². The second-order valence-electron chi connectivity index (χ2n) is 17.2. The summed E-state index contributed by atoms with van der Waals surface area (Å²) in [6.07, 6.45) is 14.8. The van der Waals surface area contributed by atoms with Crippen LogP contribution in [0.2, 0.25) is 0 Å². The highest BCUT2D eigenvalue weighted by Gasteiger charge is 2.38. The van der Waals surface area contributed by atoms with Crippen molar-refractivity contribution in [3.63, 3.8) is 0 Å². The maximum Gasteiger partial charge on any atom is 0.309 e. The van der Waals surface area contributed by atoms with E-state index in [9.17, 15) is 28.8 Å². The zero-order chi connectivity index (χ0) is 43.0. The van der Waals surface area contributed by atoms with Crippen LogP contribution in [0.1, 0.15) is 117 Å². The van der Waals surface area contributed by atoms with Crippen LogP contribution in [-0.2, 0) is 38.2 Å². The Morgan fingerprint density at radius 3 is 1.18 bits per heavy atom. The Labute approximate surface area is 364 Å². The number of nitrogens with zero attached hydrogens (tertiary/aromatic N) is 4. The SMILES string of the molecule is C[C@H]1CS/C(=N\NC(=O)C(=O)C(NC(=O)C2CCCCCC2)C2CCOCC2)N1C.C[C@H]1CS/C(=N\NC(=O)C(=O)[C@@H](NC(=O)C2CCCCCC2)C2CCOCC2)N1C. The van der Waals surface area contributed by atoms with E-state index in [-0.39, 0.29) is 35.5 Å². The van der Waals surface area contributed by atoms with Gasteiger partial charge in [0, 0.05) is 75.9 Å². The number of carbonyl (C=O) groups is 6. The average molecular weight is 877 g/mol. The molecule has 2 aliphatic carbocycles. The molecule has 0 bridgehead atoms. The molecule has 0 aromatic carbocycles. The summed E-state index contributed by atoms with van der Waals surface area (Å²) < 4.78 is 10.8. The molecule has 4 heterocycles. The van der Waals surface area contributed by atoms with Gasteiger partial charge in [0.25, 0.3) is 0 Å². The van der Waals surface area contributed by atoms with Crippen molar-refractivity contribution in [2.75, 3.05) is 52.0 Å². The van der Waals surface area contributed by atoms with Crippen LogP contribution in [0.3, 0.4) is 0 Å². The largest absolute Gasteiger partial charge is 0.381 e. The number of amidine groups is 2. The lowest BCUT2D eigenvalue weighted by Crippen LogP contribution is -2.53. The van der Waals surface area contributed by atoms with Gasteiger partial charge < -0.3 is 29.9 Å². The van der Waals surface area contributed by atoms with Crippen molar-refractivity contribution in [3.8, 4) is 0 Å². The third-order valence-corrected chi connectivity index (χ3v) is 15.4. The molecular weight excluding hydrogens is 809 g/mol. The molecule has 0 aromatic heterocycles. The molecule has 0 aromatic rings. The number of hydrogen-bond donors (Lipinski definition) is 4. The van der Waals surface area contributed by atoms with Gasteiger partial charge in [-0.1, -0.05) is 74.9 Å². The fourth-order valence-corrected chi connectivity index (χ4v) is 10.7. The first-order chi connectivity index (χ1) is 28.9. The van der Waals surface area contributed by atoms with Gasteiger partial charge in [-0.15, -0.1) is 10.2 Å². The third kappa shape index (κ3) is 13.9. The van der Waals surface area contributed by atoms with Crippen LogP contribution < -0.4 is 21.5 Å². The summed E-state index contributed by atoms with van der Waals surface area (Å²) in [6, 6.07) is -0.985. The number of ketones is 2. The van der Waals surface area contributed by atoms with Crippen LogP contribution in [0.15, 0.2) is 10.2 Å².